The maximum atomic E-state index is 11.7. The van der Waals surface area contributed by atoms with E-state index in [4.69, 9.17) is 9.47 Å². The fourth-order valence-electron chi connectivity index (χ4n) is 4.49. The molecule has 3 heteroatoms. The lowest BCUT2D eigenvalue weighted by molar-refractivity contribution is -0.185. The molecule has 4 aliphatic rings. The van der Waals surface area contributed by atoms with Crippen LogP contribution in [0, 0.1) is 17.3 Å². The number of hydrogen-bond donors (Lipinski definition) is 0. The molecule has 1 spiro atoms. The molecule has 0 radical (unpaired) electrons. The van der Waals surface area contributed by atoms with E-state index in [1.807, 2.05) is 6.92 Å². The van der Waals surface area contributed by atoms with E-state index in [2.05, 4.69) is 0 Å². The normalized spacial score (nSPS) is 60.6. The van der Waals surface area contributed by atoms with E-state index >= 15 is 0 Å². The highest BCUT2D eigenvalue weighted by Crippen LogP contribution is 2.69. The summed E-state index contributed by atoms with van der Waals surface area (Å²) < 4.78 is 11.5. The van der Waals surface area contributed by atoms with Gasteiger partial charge in [0.05, 0.1) is 11.5 Å². The number of ether oxygens (including phenoxy) is 2. The minimum absolute atomic E-state index is 0.0290. The van der Waals surface area contributed by atoms with Crippen molar-refractivity contribution in [2.45, 2.75) is 44.3 Å². The quantitative estimate of drug-likeness (QED) is 0.566. The van der Waals surface area contributed by atoms with Gasteiger partial charge in [-0.1, -0.05) is 6.42 Å². The highest BCUT2D eigenvalue weighted by atomic mass is 16.6. The number of fused-ring (bicyclic) bond motifs is 2. The van der Waals surface area contributed by atoms with Gasteiger partial charge in [-0.05, 0) is 38.0 Å². The van der Waals surface area contributed by atoms with Crippen molar-refractivity contribution < 1.29 is 14.3 Å². The Hall–Kier alpha value is -0.570. The van der Waals surface area contributed by atoms with Gasteiger partial charge in [0.15, 0.2) is 0 Å². The summed E-state index contributed by atoms with van der Waals surface area (Å²) in [4.78, 5) is 11.7. The lowest BCUT2D eigenvalue weighted by Gasteiger charge is -2.52. The first-order valence-electron chi connectivity index (χ1n) is 6.02. The van der Waals surface area contributed by atoms with Crippen LogP contribution in [0.2, 0.25) is 0 Å². The zero-order valence-electron chi connectivity index (χ0n) is 8.99. The van der Waals surface area contributed by atoms with Crippen LogP contribution in [0.25, 0.3) is 0 Å². The van der Waals surface area contributed by atoms with Crippen molar-refractivity contribution in [3.8, 4) is 0 Å². The van der Waals surface area contributed by atoms with E-state index in [0.29, 0.717) is 24.5 Å². The summed E-state index contributed by atoms with van der Waals surface area (Å²) in [5.74, 6) is 1.28. The van der Waals surface area contributed by atoms with Crippen molar-refractivity contribution in [3.05, 3.63) is 0 Å². The lowest BCUT2D eigenvalue weighted by atomic mass is 9.50. The smallest absolute Gasteiger partial charge is 0.315 e. The van der Waals surface area contributed by atoms with Gasteiger partial charge in [0.1, 0.15) is 12.2 Å². The first kappa shape index (κ1) is 8.57. The Kier molecular flexibility index (Phi) is 1.28. The van der Waals surface area contributed by atoms with Gasteiger partial charge in [0.25, 0.3) is 0 Å². The number of hydrogen-bond acceptors (Lipinski definition) is 3. The van der Waals surface area contributed by atoms with Gasteiger partial charge >= 0.3 is 5.97 Å². The fourth-order valence-corrected chi connectivity index (χ4v) is 4.49. The second kappa shape index (κ2) is 2.24. The number of carbonyl (C=O) groups is 1. The van der Waals surface area contributed by atoms with Crippen LogP contribution >= 0.6 is 0 Å². The molecular weight excluding hydrogens is 192 g/mol. The fraction of sp³-hybridized carbons (Fsp3) is 0.917. The maximum absolute atomic E-state index is 11.7. The Morgan fingerprint density at radius 1 is 1.40 bits per heavy atom. The minimum Gasteiger partial charge on any atom is -0.462 e. The van der Waals surface area contributed by atoms with Crippen LogP contribution in [0.5, 0.6) is 0 Å². The highest BCUT2D eigenvalue weighted by molar-refractivity contribution is 5.82. The van der Waals surface area contributed by atoms with Gasteiger partial charge in [-0.3, -0.25) is 4.79 Å². The Morgan fingerprint density at radius 2 is 2.27 bits per heavy atom. The molecule has 5 atom stereocenters. The third-order valence-corrected chi connectivity index (χ3v) is 5.41. The predicted molar refractivity (Wildman–Crippen MR) is 52.1 cm³/mol. The van der Waals surface area contributed by atoms with Crippen LogP contribution in [-0.4, -0.2) is 24.3 Å². The summed E-state index contributed by atoms with van der Waals surface area (Å²) >= 11 is 0. The Balaban J connectivity index is 1.76. The zero-order valence-corrected chi connectivity index (χ0v) is 8.99. The van der Waals surface area contributed by atoms with Gasteiger partial charge in [0.2, 0.25) is 0 Å². The minimum atomic E-state index is -0.317. The molecule has 2 saturated carbocycles. The van der Waals surface area contributed by atoms with E-state index in [9.17, 15) is 4.79 Å². The molecule has 0 aromatic rings. The summed E-state index contributed by atoms with van der Waals surface area (Å²) in [5, 5.41) is 0. The topological polar surface area (TPSA) is 35.5 Å². The van der Waals surface area contributed by atoms with E-state index in [1.54, 1.807) is 0 Å². The number of cyclic esters (lactones) is 1. The molecule has 4 fully saturated rings. The average molecular weight is 208 g/mol. The highest BCUT2D eigenvalue weighted by Gasteiger charge is 2.78. The molecule has 0 unspecified atom stereocenters. The second-order valence-corrected chi connectivity index (χ2v) is 5.86. The van der Waals surface area contributed by atoms with Gasteiger partial charge in [-0.2, -0.15) is 0 Å². The summed E-state index contributed by atoms with van der Waals surface area (Å²) in [6.07, 6.45) is 5.20. The standard InChI is InChI=1S/C12H16O3/c1-11-5-8-7-3-2-4-9(7)15-12(8,11)6-14-10(11)13/h7-9H,2-6H2,1H3/t7-,8+,9-,11+,12-/m0/s1. The van der Waals surface area contributed by atoms with Gasteiger partial charge < -0.3 is 9.47 Å². The molecule has 15 heavy (non-hydrogen) atoms. The third kappa shape index (κ3) is 0.690. The molecule has 2 aliphatic heterocycles. The van der Waals surface area contributed by atoms with Crippen LogP contribution in [0.1, 0.15) is 32.6 Å². The Morgan fingerprint density at radius 3 is 3.07 bits per heavy atom. The molecule has 2 heterocycles. The molecule has 0 aromatic carbocycles. The summed E-state index contributed by atoms with van der Waals surface area (Å²) in [7, 11) is 0. The molecule has 0 amide bonds. The van der Waals surface area contributed by atoms with Crippen molar-refractivity contribution in [2.24, 2.45) is 17.3 Å². The largest absolute Gasteiger partial charge is 0.462 e. The SMILES string of the molecule is C[C@]12C[C@@H]3[C@@H]4CCC[C@@H]4O[C@@]31COC2=O. The summed E-state index contributed by atoms with van der Waals surface area (Å²) in [5.41, 5.74) is -0.540. The van der Waals surface area contributed by atoms with Crippen molar-refractivity contribution >= 4 is 5.97 Å². The van der Waals surface area contributed by atoms with Gasteiger partial charge in [0, 0.05) is 0 Å². The van der Waals surface area contributed by atoms with Gasteiger partial charge in [-0.25, -0.2) is 0 Å². The summed E-state index contributed by atoms with van der Waals surface area (Å²) in [6.45, 7) is 2.54. The van der Waals surface area contributed by atoms with E-state index in [-0.39, 0.29) is 17.0 Å². The van der Waals surface area contributed by atoms with Crippen LogP contribution in [-0.2, 0) is 14.3 Å². The Labute approximate surface area is 89.1 Å². The van der Waals surface area contributed by atoms with Crippen molar-refractivity contribution in [1.29, 1.82) is 0 Å². The molecule has 0 bridgehead atoms. The van der Waals surface area contributed by atoms with Gasteiger partial charge in [-0.15, -0.1) is 0 Å². The number of carbonyl (C=O) groups excluding carboxylic acids is 1. The van der Waals surface area contributed by atoms with Crippen LogP contribution in [0.3, 0.4) is 0 Å². The van der Waals surface area contributed by atoms with Crippen molar-refractivity contribution in [1.82, 2.24) is 0 Å². The summed E-state index contributed by atoms with van der Waals surface area (Å²) in [6, 6.07) is 0. The van der Waals surface area contributed by atoms with Crippen LogP contribution in [0.4, 0.5) is 0 Å². The second-order valence-electron chi connectivity index (χ2n) is 5.86. The Bertz CT molecular complexity index is 353. The van der Waals surface area contributed by atoms with Crippen molar-refractivity contribution in [2.75, 3.05) is 6.61 Å². The maximum Gasteiger partial charge on any atom is 0.315 e. The van der Waals surface area contributed by atoms with Crippen LogP contribution < -0.4 is 0 Å². The van der Waals surface area contributed by atoms with Crippen molar-refractivity contribution in [3.63, 3.8) is 0 Å². The van der Waals surface area contributed by atoms with E-state index in [1.165, 1.54) is 19.3 Å². The third-order valence-electron chi connectivity index (χ3n) is 5.41. The first-order valence-corrected chi connectivity index (χ1v) is 6.02. The molecule has 82 valence electrons. The average Bonchev–Trinajstić information content (AvgIpc) is 2.78. The molecule has 0 aromatic heterocycles. The lowest BCUT2D eigenvalue weighted by Crippen LogP contribution is -2.62. The monoisotopic (exact) mass is 208 g/mol. The van der Waals surface area contributed by atoms with E-state index < -0.39 is 0 Å². The molecule has 0 N–H and O–H groups in total. The molecule has 3 nitrogen and oxygen atoms in total. The molecule has 4 rings (SSSR count). The first-order chi connectivity index (χ1) is 7.17. The molecule has 2 saturated heterocycles. The van der Waals surface area contributed by atoms with Crippen LogP contribution in [0.15, 0.2) is 0 Å². The number of esters is 1. The molecular formula is C12H16O3. The molecule has 2 aliphatic carbocycles. The number of rotatable bonds is 0. The zero-order chi connectivity index (χ0) is 10.3. The van der Waals surface area contributed by atoms with E-state index in [0.717, 1.165) is 6.42 Å². The predicted octanol–water partition coefficient (Wildman–Crippen LogP) is 1.51.